The molecule has 2 saturated heterocycles. The van der Waals surface area contributed by atoms with E-state index >= 15 is 0 Å². The van der Waals surface area contributed by atoms with Crippen LogP contribution in [0.2, 0.25) is 0 Å². The molecular formula is C23H39N3O. The molecule has 1 atom stereocenters. The molecule has 2 heterocycles. The molecule has 0 radical (unpaired) electrons. The number of likely N-dealkylation sites (tertiary alicyclic amines) is 1. The van der Waals surface area contributed by atoms with Crippen molar-refractivity contribution in [1.82, 2.24) is 9.80 Å². The van der Waals surface area contributed by atoms with Gasteiger partial charge in [-0.1, -0.05) is 32.4 Å². The minimum absolute atomic E-state index is 0.734. The Hall–Kier alpha value is -1.10. The molecule has 0 saturated carbocycles. The van der Waals surface area contributed by atoms with E-state index < -0.39 is 0 Å². The molecule has 0 amide bonds. The standard InChI is InChI=1S/C23H39N3O/c1-4-20(2)6-5-15-27-19-22-17-25(18-22)16-21-7-9-23(10-8-21)26-13-11-24(3)12-14-26/h7-10,20,22H,4-6,11-19H2,1-3H3. The molecule has 3 rings (SSSR count). The zero-order chi connectivity index (χ0) is 19.1. The van der Waals surface area contributed by atoms with E-state index in [0.29, 0.717) is 0 Å². The van der Waals surface area contributed by atoms with Gasteiger partial charge in [0.2, 0.25) is 0 Å². The number of hydrogen-bond donors (Lipinski definition) is 0. The van der Waals surface area contributed by atoms with E-state index in [1.165, 1.54) is 43.6 Å². The molecule has 0 spiro atoms. The molecule has 0 aromatic heterocycles. The van der Waals surface area contributed by atoms with Gasteiger partial charge in [-0.15, -0.1) is 0 Å². The van der Waals surface area contributed by atoms with Crippen LogP contribution in [0, 0.1) is 11.8 Å². The summed E-state index contributed by atoms with van der Waals surface area (Å²) >= 11 is 0. The second-order valence-corrected chi connectivity index (χ2v) is 8.75. The molecule has 0 N–H and O–H groups in total. The smallest absolute Gasteiger partial charge is 0.0518 e. The lowest BCUT2D eigenvalue weighted by Gasteiger charge is -2.39. The Morgan fingerprint density at radius 2 is 1.78 bits per heavy atom. The van der Waals surface area contributed by atoms with E-state index in [1.54, 1.807) is 0 Å². The van der Waals surface area contributed by atoms with Crippen LogP contribution in [0.15, 0.2) is 24.3 Å². The minimum atomic E-state index is 0.734. The molecule has 27 heavy (non-hydrogen) atoms. The zero-order valence-corrected chi connectivity index (χ0v) is 17.7. The highest BCUT2D eigenvalue weighted by Gasteiger charge is 2.26. The van der Waals surface area contributed by atoms with Gasteiger partial charge >= 0.3 is 0 Å². The van der Waals surface area contributed by atoms with Crippen molar-refractivity contribution in [3.05, 3.63) is 29.8 Å². The molecule has 2 fully saturated rings. The Kier molecular flexibility index (Phi) is 7.98. The summed E-state index contributed by atoms with van der Waals surface area (Å²) < 4.78 is 5.89. The fraction of sp³-hybridized carbons (Fsp3) is 0.739. The van der Waals surface area contributed by atoms with E-state index in [-0.39, 0.29) is 0 Å². The molecular weight excluding hydrogens is 334 g/mol. The van der Waals surface area contributed by atoms with Gasteiger partial charge in [0.1, 0.15) is 0 Å². The van der Waals surface area contributed by atoms with E-state index in [2.05, 4.69) is 59.9 Å². The van der Waals surface area contributed by atoms with E-state index in [0.717, 1.165) is 57.8 Å². The van der Waals surface area contributed by atoms with Crippen molar-refractivity contribution in [2.75, 3.05) is 64.4 Å². The quantitative estimate of drug-likeness (QED) is 0.582. The Morgan fingerprint density at radius 1 is 1.07 bits per heavy atom. The van der Waals surface area contributed by atoms with Gasteiger partial charge in [-0.25, -0.2) is 0 Å². The monoisotopic (exact) mass is 373 g/mol. The number of benzene rings is 1. The van der Waals surface area contributed by atoms with Crippen LogP contribution in [0.25, 0.3) is 0 Å². The molecule has 1 unspecified atom stereocenters. The van der Waals surface area contributed by atoms with Gasteiger partial charge in [0.05, 0.1) is 6.61 Å². The van der Waals surface area contributed by atoms with Gasteiger partial charge in [-0.2, -0.15) is 0 Å². The van der Waals surface area contributed by atoms with E-state index in [4.69, 9.17) is 4.74 Å². The molecule has 1 aromatic carbocycles. The summed E-state index contributed by atoms with van der Waals surface area (Å²) in [5.41, 5.74) is 2.81. The van der Waals surface area contributed by atoms with Crippen LogP contribution in [0.5, 0.6) is 0 Å². The predicted molar refractivity (Wildman–Crippen MR) is 114 cm³/mol. The maximum absolute atomic E-state index is 5.89. The molecule has 2 aliphatic rings. The molecule has 2 aliphatic heterocycles. The first-order chi connectivity index (χ1) is 13.1. The average molecular weight is 374 g/mol. The third-order valence-electron chi connectivity index (χ3n) is 6.28. The van der Waals surface area contributed by atoms with Gasteiger partial charge in [-0.05, 0) is 43.5 Å². The van der Waals surface area contributed by atoms with Crippen molar-refractivity contribution in [3.63, 3.8) is 0 Å². The van der Waals surface area contributed by atoms with E-state index in [9.17, 15) is 0 Å². The lowest BCUT2D eigenvalue weighted by molar-refractivity contribution is 0.00900. The summed E-state index contributed by atoms with van der Waals surface area (Å²) in [5, 5.41) is 0. The summed E-state index contributed by atoms with van der Waals surface area (Å²) in [6, 6.07) is 9.23. The Labute approximate surface area is 166 Å². The van der Waals surface area contributed by atoms with Crippen molar-refractivity contribution in [3.8, 4) is 0 Å². The van der Waals surface area contributed by atoms with Gasteiger partial charge < -0.3 is 14.5 Å². The summed E-state index contributed by atoms with van der Waals surface area (Å²) in [6.07, 6.45) is 3.80. The SMILES string of the molecule is CCC(C)CCCOCC1CN(Cc2ccc(N3CCN(C)CC3)cc2)C1. The fourth-order valence-corrected chi connectivity index (χ4v) is 4.03. The normalized spacial score (nSPS) is 20.6. The first kappa shape index (κ1) is 20.6. The van der Waals surface area contributed by atoms with Crippen LogP contribution >= 0.6 is 0 Å². The number of likely N-dealkylation sites (N-methyl/N-ethyl adjacent to an activating group) is 1. The second kappa shape index (κ2) is 10.4. The van der Waals surface area contributed by atoms with Gasteiger partial charge in [0, 0.05) is 64.0 Å². The molecule has 152 valence electrons. The summed E-state index contributed by atoms with van der Waals surface area (Å²) in [4.78, 5) is 7.45. The van der Waals surface area contributed by atoms with Crippen molar-refractivity contribution >= 4 is 5.69 Å². The fourth-order valence-electron chi connectivity index (χ4n) is 4.03. The topological polar surface area (TPSA) is 19.0 Å². The number of hydrogen-bond acceptors (Lipinski definition) is 4. The largest absolute Gasteiger partial charge is 0.381 e. The first-order valence-corrected chi connectivity index (χ1v) is 11.0. The lowest BCUT2D eigenvalue weighted by atomic mass is 10.00. The van der Waals surface area contributed by atoms with Crippen LogP contribution in [0.4, 0.5) is 5.69 Å². The van der Waals surface area contributed by atoms with E-state index in [1.807, 2.05) is 0 Å². The summed E-state index contributed by atoms with van der Waals surface area (Å²) in [6.45, 7) is 14.5. The third kappa shape index (κ3) is 6.48. The average Bonchev–Trinajstić information content (AvgIpc) is 2.66. The third-order valence-corrected chi connectivity index (χ3v) is 6.28. The second-order valence-electron chi connectivity index (χ2n) is 8.75. The van der Waals surface area contributed by atoms with Crippen LogP contribution < -0.4 is 4.90 Å². The Bertz CT molecular complexity index is 533. The molecule has 4 nitrogen and oxygen atoms in total. The highest BCUT2D eigenvalue weighted by molar-refractivity contribution is 5.48. The van der Waals surface area contributed by atoms with Crippen molar-refractivity contribution in [2.45, 2.75) is 39.7 Å². The number of rotatable bonds is 10. The van der Waals surface area contributed by atoms with Crippen molar-refractivity contribution < 1.29 is 4.74 Å². The van der Waals surface area contributed by atoms with Gasteiger partial charge in [0.15, 0.2) is 0 Å². The zero-order valence-electron chi connectivity index (χ0n) is 17.7. The maximum atomic E-state index is 5.89. The lowest BCUT2D eigenvalue weighted by Crippen LogP contribution is -2.48. The van der Waals surface area contributed by atoms with Gasteiger partial charge in [-0.3, -0.25) is 4.90 Å². The van der Waals surface area contributed by atoms with Crippen LogP contribution in [-0.4, -0.2) is 69.3 Å². The summed E-state index contributed by atoms with van der Waals surface area (Å²) in [5.74, 6) is 1.58. The summed E-state index contributed by atoms with van der Waals surface area (Å²) in [7, 11) is 2.21. The Balaban J connectivity index is 1.29. The number of anilines is 1. The minimum Gasteiger partial charge on any atom is -0.381 e. The predicted octanol–water partition coefficient (Wildman–Crippen LogP) is 3.71. The van der Waals surface area contributed by atoms with Crippen molar-refractivity contribution in [2.24, 2.45) is 11.8 Å². The highest BCUT2D eigenvalue weighted by Crippen LogP contribution is 2.22. The molecule has 0 aliphatic carbocycles. The van der Waals surface area contributed by atoms with Gasteiger partial charge in [0.25, 0.3) is 0 Å². The molecule has 4 heteroatoms. The highest BCUT2D eigenvalue weighted by atomic mass is 16.5. The van der Waals surface area contributed by atoms with Crippen LogP contribution in [0.3, 0.4) is 0 Å². The molecule has 0 bridgehead atoms. The first-order valence-electron chi connectivity index (χ1n) is 11.0. The van der Waals surface area contributed by atoms with Crippen LogP contribution in [-0.2, 0) is 11.3 Å². The number of nitrogens with zero attached hydrogens (tertiary/aromatic N) is 3. The molecule has 1 aromatic rings. The van der Waals surface area contributed by atoms with Crippen LogP contribution in [0.1, 0.15) is 38.7 Å². The maximum Gasteiger partial charge on any atom is 0.0518 e. The Morgan fingerprint density at radius 3 is 2.44 bits per heavy atom. The van der Waals surface area contributed by atoms with Crippen molar-refractivity contribution in [1.29, 1.82) is 0 Å². The number of piperazine rings is 1. The number of ether oxygens (including phenoxy) is 1.